The Morgan fingerprint density at radius 1 is 1.30 bits per heavy atom. The van der Waals surface area contributed by atoms with Crippen LogP contribution in [0.25, 0.3) is 0 Å². The van der Waals surface area contributed by atoms with Crippen molar-refractivity contribution in [1.82, 2.24) is 9.80 Å². The normalized spacial score (nSPS) is 34.0. The van der Waals surface area contributed by atoms with Gasteiger partial charge in [0.15, 0.2) is 0 Å². The third kappa shape index (κ3) is 2.75. The second-order valence-electron chi connectivity index (χ2n) is 6.00. The number of carboxylic acids is 1. The van der Waals surface area contributed by atoms with E-state index in [9.17, 15) is 14.7 Å². The number of likely N-dealkylation sites (tertiary alicyclic amines) is 1. The SMILES string of the molecule is CC1CCCN(C(=O)N(C)C2COCC2C(=O)O)C1C. The summed E-state index contributed by atoms with van der Waals surface area (Å²) >= 11 is 0. The molecule has 2 fully saturated rings. The first-order valence-corrected chi connectivity index (χ1v) is 7.27. The number of hydrogen-bond donors (Lipinski definition) is 1. The van der Waals surface area contributed by atoms with Gasteiger partial charge in [0.1, 0.15) is 5.92 Å². The number of likely N-dealkylation sites (N-methyl/N-ethyl adjacent to an activating group) is 1. The number of amides is 2. The number of carbonyl (C=O) groups is 2. The van der Waals surface area contributed by atoms with Gasteiger partial charge in [-0.1, -0.05) is 6.92 Å². The summed E-state index contributed by atoms with van der Waals surface area (Å²) in [6, 6.07) is -0.250. The van der Waals surface area contributed by atoms with Crippen molar-refractivity contribution in [3.63, 3.8) is 0 Å². The average molecular weight is 284 g/mol. The minimum Gasteiger partial charge on any atom is -0.481 e. The Morgan fingerprint density at radius 2 is 2.00 bits per heavy atom. The Balaban J connectivity index is 2.06. The van der Waals surface area contributed by atoms with E-state index in [4.69, 9.17) is 4.74 Å². The van der Waals surface area contributed by atoms with Gasteiger partial charge < -0.3 is 19.6 Å². The van der Waals surface area contributed by atoms with Crippen LogP contribution < -0.4 is 0 Å². The molecule has 0 aliphatic carbocycles. The highest BCUT2D eigenvalue weighted by Crippen LogP contribution is 2.26. The Kier molecular flexibility index (Phi) is 4.52. The maximum absolute atomic E-state index is 12.6. The topological polar surface area (TPSA) is 70.1 Å². The Labute approximate surface area is 119 Å². The van der Waals surface area contributed by atoms with Gasteiger partial charge in [0.2, 0.25) is 0 Å². The number of ether oxygens (including phenoxy) is 1. The largest absolute Gasteiger partial charge is 0.481 e. The van der Waals surface area contributed by atoms with Crippen LogP contribution >= 0.6 is 0 Å². The van der Waals surface area contributed by atoms with E-state index in [1.807, 2.05) is 4.90 Å². The van der Waals surface area contributed by atoms with Crippen molar-refractivity contribution in [1.29, 1.82) is 0 Å². The van der Waals surface area contributed by atoms with E-state index in [1.54, 1.807) is 11.9 Å². The van der Waals surface area contributed by atoms with Crippen molar-refractivity contribution in [2.45, 2.75) is 38.8 Å². The van der Waals surface area contributed by atoms with Crippen molar-refractivity contribution < 1.29 is 19.4 Å². The lowest BCUT2D eigenvalue weighted by molar-refractivity contribution is -0.142. The molecule has 20 heavy (non-hydrogen) atoms. The molecule has 114 valence electrons. The van der Waals surface area contributed by atoms with E-state index in [1.165, 1.54) is 0 Å². The second kappa shape index (κ2) is 5.99. The molecule has 0 bridgehead atoms. The summed E-state index contributed by atoms with van der Waals surface area (Å²) in [5, 5.41) is 9.19. The van der Waals surface area contributed by atoms with Crippen LogP contribution in [0.15, 0.2) is 0 Å². The number of nitrogens with zero attached hydrogens (tertiary/aromatic N) is 2. The number of hydrogen-bond acceptors (Lipinski definition) is 3. The molecule has 1 N–H and O–H groups in total. The van der Waals surface area contributed by atoms with E-state index in [0.717, 1.165) is 19.4 Å². The Hall–Kier alpha value is -1.30. The lowest BCUT2D eigenvalue weighted by atomic mass is 9.92. The average Bonchev–Trinajstić information content (AvgIpc) is 2.89. The molecule has 2 aliphatic heterocycles. The highest BCUT2D eigenvalue weighted by atomic mass is 16.5. The Morgan fingerprint density at radius 3 is 2.65 bits per heavy atom. The molecule has 2 heterocycles. The summed E-state index contributed by atoms with van der Waals surface area (Å²) in [7, 11) is 1.68. The molecule has 0 aromatic rings. The molecular formula is C14H24N2O4. The number of aliphatic carboxylic acids is 1. The van der Waals surface area contributed by atoms with Gasteiger partial charge in [-0.3, -0.25) is 4.79 Å². The molecule has 0 aromatic heterocycles. The molecular weight excluding hydrogens is 260 g/mol. The lowest BCUT2D eigenvalue weighted by Gasteiger charge is -2.41. The highest BCUT2D eigenvalue weighted by molar-refractivity contribution is 5.77. The number of rotatable bonds is 2. The van der Waals surface area contributed by atoms with Crippen LogP contribution in [0.3, 0.4) is 0 Å². The second-order valence-corrected chi connectivity index (χ2v) is 6.00. The van der Waals surface area contributed by atoms with Gasteiger partial charge in [0, 0.05) is 19.6 Å². The van der Waals surface area contributed by atoms with Crippen molar-refractivity contribution in [3.05, 3.63) is 0 Å². The van der Waals surface area contributed by atoms with Crippen LogP contribution in [0.2, 0.25) is 0 Å². The zero-order valence-electron chi connectivity index (χ0n) is 12.4. The van der Waals surface area contributed by atoms with Gasteiger partial charge in [-0.15, -0.1) is 0 Å². The maximum atomic E-state index is 12.6. The van der Waals surface area contributed by atoms with Crippen LogP contribution in [0.1, 0.15) is 26.7 Å². The van der Waals surface area contributed by atoms with Crippen molar-refractivity contribution >= 4 is 12.0 Å². The van der Waals surface area contributed by atoms with E-state index < -0.39 is 11.9 Å². The minimum absolute atomic E-state index is 0.0780. The number of urea groups is 1. The highest BCUT2D eigenvalue weighted by Gasteiger charge is 2.41. The summed E-state index contributed by atoms with van der Waals surface area (Å²) in [4.78, 5) is 27.2. The first-order chi connectivity index (χ1) is 9.43. The summed E-state index contributed by atoms with van der Waals surface area (Å²) in [5.74, 6) is -1.04. The molecule has 4 unspecified atom stereocenters. The zero-order chi connectivity index (χ0) is 14.9. The van der Waals surface area contributed by atoms with Gasteiger partial charge in [-0.05, 0) is 25.7 Å². The fraction of sp³-hybridized carbons (Fsp3) is 0.857. The minimum atomic E-state index is -0.896. The third-order valence-electron chi connectivity index (χ3n) is 4.79. The van der Waals surface area contributed by atoms with Gasteiger partial charge in [0.25, 0.3) is 0 Å². The molecule has 0 spiro atoms. The molecule has 2 aliphatic rings. The van der Waals surface area contributed by atoms with E-state index in [0.29, 0.717) is 12.5 Å². The predicted molar refractivity (Wildman–Crippen MR) is 73.5 cm³/mol. The molecule has 6 nitrogen and oxygen atoms in total. The van der Waals surface area contributed by atoms with Gasteiger partial charge in [-0.25, -0.2) is 4.79 Å². The first kappa shape index (κ1) is 15.1. The van der Waals surface area contributed by atoms with E-state index in [2.05, 4.69) is 13.8 Å². The molecule has 2 amide bonds. The van der Waals surface area contributed by atoms with E-state index in [-0.39, 0.29) is 24.7 Å². The van der Waals surface area contributed by atoms with Gasteiger partial charge in [-0.2, -0.15) is 0 Å². The van der Waals surface area contributed by atoms with Crippen LogP contribution in [0.5, 0.6) is 0 Å². The quantitative estimate of drug-likeness (QED) is 0.828. The van der Waals surface area contributed by atoms with Crippen LogP contribution in [-0.4, -0.2) is 65.8 Å². The summed E-state index contributed by atoms with van der Waals surface area (Å²) < 4.78 is 5.24. The molecule has 0 saturated carbocycles. The summed E-state index contributed by atoms with van der Waals surface area (Å²) in [6.45, 7) is 5.46. The smallest absolute Gasteiger partial charge is 0.320 e. The zero-order valence-corrected chi connectivity index (χ0v) is 12.4. The lowest BCUT2D eigenvalue weighted by Crippen LogP contribution is -2.55. The third-order valence-corrected chi connectivity index (χ3v) is 4.79. The molecule has 4 atom stereocenters. The fourth-order valence-electron chi connectivity index (χ4n) is 3.11. The number of piperidine rings is 1. The molecule has 6 heteroatoms. The van der Waals surface area contributed by atoms with Crippen LogP contribution in [0, 0.1) is 11.8 Å². The van der Waals surface area contributed by atoms with Crippen LogP contribution in [-0.2, 0) is 9.53 Å². The Bertz CT molecular complexity index is 387. The van der Waals surface area contributed by atoms with Crippen molar-refractivity contribution in [2.75, 3.05) is 26.8 Å². The molecule has 2 rings (SSSR count). The molecule has 0 aromatic carbocycles. The van der Waals surface area contributed by atoms with Gasteiger partial charge >= 0.3 is 12.0 Å². The van der Waals surface area contributed by atoms with Crippen molar-refractivity contribution in [3.8, 4) is 0 Å². The monoisotopic (exact) mass is 284 g/mol. The van der Waals surface area contributed by atoms with Crippen molar-refractivity contribution in [2.24, 2.45) is 11.8 Å². The fourth-order valence-corrected chi connectivity index (χ4v) is 3.11. The predicted octanol–water partition coefficient (Wildman–Crippen LogP) is 1.26. The molecule has 0 radical (unpaired) electrons. The summed E-state index contributed by atoms with van der Waals surface area (Å²) in [6.07, 6.45) is 2.15. The summed E-state index contributed by atoms with van der Waals surface area (Å²) in [5.41, 5.74) is 0. The number of carbonyl (C=O) groups excluding carboxylic acids is 1. The standard InChI is InChI=1S/C14H24N2O4/c1-9-5-4-6-16(10(9)2)14(19)15(3)12-8-20-7-11(12)13(17)18/h9-12H,4-8H2,1-3H3,(H,17,18). The van der Waals surface area contributed by atoms with Gasteiger partial charge in [0.05, 0.1) is 19.3 Å². The molecule has 2 saturated heterocycles. The van der Waals surface area contributed by atoms with E-state index >= 15 is 0 Å². The first-order valence-electron chi connectivity index (χ1n) is 7.27. The maximum Gasteiger partial charge on any atom is 0.320 e. The van der Waals surface area contributed by atoms with Crippen LogP contribution in [0.4, 0.5) is 4.79 Å². The number of carboxylic acid groups (broad SMARTS) is 1.